The first-order valence-corrected chi connectivity index (χ1v) is 9.68. The highest BCUT2D eigenvalue weighted by Gasteiger charge is 2.23. The van der Waals surface area contributed by atoms with Gasteiger partial charge in [0, 0.05) is 6.20 Å². The molecular formula is C23H18N2O2S. The van der Waals surface area contributed by atoms with Gasteiger partial charge in [0.1, 0.15) is 5.75 Å². The summed E-state index contributed by atoms with van der Waals surface area (Å²) < 4.78 is 0. The van der Waals surface area contributed by atoms with E-state index >= 15 is 0 Å². The van der Waals surface area contributed by atoms with E-state index in [1.54, 1.807) is 18.3 Å². The molecule has 0 fully saturated rings. The lowest BCUT2D eigenvalue weighted by molar-refractivity contribution is -0.116. The van der Waals surface area contributed by atoms with Crippen LogP contribution < -0.4 is 5.32 Å². The summed E-state index contributed by atoms with van der Waals surface area (Å²) in [4.78, 5) is 18.4. The van der Waals surface area contributed by atoms with E-state index in [9.17, 15) is 9.90 Å². The zero-order valence-electron chi connectivity index (χ0n) is 14.9. The van der Waals surface area contributed by atoms with Crippen molar-refractivity contribution in [3.8, 4) is 16.2 Å². The number of benzene rings is 3. The molecule has 2 N–H and O–H groups in total. The predicted octanol–water partition coefficient (Wildman–Crippen LogP) is 5.29. The average Bonchev–Trinajstić information content (AvgIpc) is 3.19. The number of nitrogens with one attached hydrogen (secondary N) is 1. The molecule has 0 unspecified atom stereocenters. The Balaban J connectivity index is 1.59. The Kier molecular flexibility index (Phi) is 5.17. The molecule has 0 aliphatic carbocycles. The van der Waals surface area contributed by atoms with Crippen molar-refractivity contribution in [3.63, 3.8) is 0 Å². The van der Waals surface area contributed by atoms with Gasteiger partial charge in [0.05, 0.1) is 10.8 Å². The molecule has 1 aromatic heterocycles. The summed E-state index contributed by atoms with van der Waals surface area (Å²) in [5, 5.41) is 12.9. The second kappa shape index (κ2) is 8.06. The maximum absolute atomic E-state index is 13.1. The quantitative estimate of drug-likeness (QED) is 0.490. The fourth-order valence-corrected chi connectivity index (χ4v) is 3.88. The van der Waals surface area contributed by atoms with Crippen LogP contribution in [-0.4, -0.2) is 16.0 Å². The molecule has 4 aromatic rings. The Morgan fingerprint density at radius 2 is 1.43 bits per heavy atom. The van der Waals surface area contributed by atoms with E-state index in [-0.39, 0.29) is 11.7 Å². The number of amides is 1. The first-order valence-electron chi connectivity index (χ1n) is 8.87. The van der Waals surface area contributed by atoms with E-state index in [4.69, 9.17) is 0 Å². The van der Waals surface area contributed by atoms with Crippen LogP contribution in [0.2, 0.25) is 0 Å². The van der Waals surface area contributed by atoms with E-state index in [0.29, 0.717) is 5.13 Å². The van der Waals surface area contributed by atoms with E-state index in [1.807, 2.05) is 72.8 Å². The molecule has 1 amide bonds. The minimum atomic E-state index is -0.413. The van der Waals surface area contributed by atoms with E-state index in [0.717, 1.165) is 21.6 Å². The number of phenols is 1. The Bertz CT molecular complexity index is 1020. The fourth-order valence-electron chi connectivity index (χ4n) is 3.05. The maximum atomic E-state index is 13.1. The summed E-state index contributed by atoms with van der Waals surface area (Å²) >= 11 is 1.40. The number of carbonyl (C=O) groups is 1. The van der Waals surface area contributed by atoms with Crippen molar-refractivity contribution in [2.45, 2.75) is 5.92 Å². The molecule has 0 aliphatic rings. The molecule has 4 rings (SSSR count). The van der Waals surface area contributed by atoms with Gasteiger partial charge in [0.25, 0.3) is 0 Å². The third-order valence-electron chi connectivity index (χ3n) is 4.42. The highest BCUT2D eigenvalue weighted by molar-refractivity contribution is 7.19. The van der Waals surface area contributed by atoms with Gasteiger partial charge in [-0.15, -0.1) is 0 Å². The number of hydrogen-bond donors (Lipinski definition) is 2. The lowest BCUT2D eigenvalue weighted by Gasteiger charge is -2.17. The van der Waals surface area contributed by atoms with Crippen molar-refractivity contribution in [2.24, 2.45) is 0 Å². The number of aromatic hydroxyl groups is 1. The van der Waals surface area contributed by atoms with Crippen molar-refractivity contribution in [3.05, 3.63) is 102 Å². The van der Waals surface area contributed by atoms with Gasteiger partial charge < -0.3 is 10.4 Å². The van der Waals surface area contributed by atoms with Gasteiger partial charge in [-0.1, -0.05) is 72.0 Å². The van der Waals surface area contributed by atoms with Crippen molar-refractivity contribution in [1.82, 2.24) is 4.98 Å². The monoisotopic (exact) mass is 386 g/mol. The summed E-state index contributed by atoms with van der Waals surface area (Å²) in [6.45, 7) is 0. The van der Waals surface area contributed by atoms with Crippen LogP contribution in [0.1, 0.15) is 17.0 Å². The van der Waals surface area contributed by atoms with E-state index in [1.165, 1.54) is 11.3 Å². The van der Waals surface area contributed by atoms with Crippen LogP contribution in [-0.2, 0) is 4.79 Å². The molecule has 0 bridgehead atoms. The first-order chi connectivity index (χ1) is 13.7. The zero-order valence-corrected chi connectivity index (χ0v) is 15.8. The molecule has 0 aliphatic heterocycles. The molecule has 5 heteroatoms. The molecule has 0 saturated carbocycles. The number of phenolic OH excluding ortho intramolecular Hbond substituents is 1. The van der Waals surface area contributed by atoms with Crippen LogP contribution in [0.15, 0.2) is 91.1 Å². The van der Waals surface area contributed by atoms with Crippen LogP contribution in [0, 0.1) is 0 Å². The van der Waals surface area contributed by atoms with Crippen molar-refractivity contribution in [2.75, 3.05) is 5.32 Å². The normalized spacial score (nSPS) is 10.8. The number of carbonyl (C=O) groups excluding carboxylic acids is 1. The van der Waals surface area contributed by atoms with Crippen LogP contribution >= 0.6 is 11.3 Å². The van der Waals surface area contributed by atoms with Crippen molar-refractivity contribution >= 4 is 22.4 Å². The highest BCUT2D eigenvalue weighted by Crippen LogP contribution is 2.32. The smallest absolute Gasteiger partial charge is 0.238 e. The summed E-state index contributed by atoms with van der Waals surface area (Å²) in [5.41, 5.74) is 2.81. The standard InChI is InChI=1S/C23H18N2O2S/c26-19-13-11-16(12-14-19)20-15-24-23(28-20)25-22(27)21(17-7-3-1-4-8-17)18-9-5-2-6-10-18/h1-15,21,26H,(H,24,25,27). The number of nitrogens with zero attached hydrogens (tertiary/aromatic N) is 1. The molecule has 0 atom stereocenters. The summed E-state index contributed by atoms with van der Waals surface area (Å²) in [6, 6.07) is 26.4. The molecule has 3 aromatic carbocycles. The van der Waals surface area contributed by atoms with Crippen molar-refractivity contribution < 1.29 is 9.90 Å². The van der Waals surface area contributed by atoms with E-state index in [2.05, 4.69) is 10.3 Å². The van der Waals surface area contributed by atoms with Gasteiger partial charge in [-0.2, -0.15) is 0 Å². The Morgan fingerprint density at radius 3 is 2.00 bits per heavy atom. The van der Waals surface area contributed by atoms with Crippen LogP contribution in [0.4, 0.5) is 5.13 Å². The number of rotatable bonds is 5. The fraction of sp³-hybridized carbons (Fsp3) is 0.0435. The van der Waals surface area contributed by atoms with Gasteiger partial charge in [-0.25, -0.2) is 4.98 Å². The number of hydrogen-bond acceptors (Lipinski definition) is 4. The van der Waals surface area contributed by atoms with Crippen LogP contribution in [0.25, 0.3) is 10.4 Å². The van der Waals surface area contributed by atoms with Gasteiger partial charge in [-0.3, -0.25) is 4.79 Å². The topological polar surface area (TPSA) is 62.2 Å². The molecule has 0 spiro atoms. The summed E-state index contributed by atoms with van der Waals surface area (Å²) in [7, 11) is 0. The molecular weight excluding hydrogens is 368 g/mol. The molecule has 138 valence electrons. The molecule has 1 heterocycles. The number of anilines is 1. The minimum absolute atomic E-state index is 0.121. The van der Waals surface area contributed by atoms with Gasteiger partial charge in [0.15, 0.2) is 5.13 Å². The summed E-state index contributed by atoms with van der Waals surface area (Å²) in [5.74, 6) is -0.317. The Hall–Kier alpha value is -3.44. The second-order valence-electron chi connectivity index (χ2n) is 6.32. The highest BCUT2D eigenvalue weighted by atomic mass is 32.1. The third kappa shape index (κ3) is 3.94. The van der Waals surface area contributed by atoms with Gasteiger partial charge in [0.2, 0.25) is 5.91 Å². The second-order valence-corrected chi connectivity index (χ2v) is 7.35. The van der Waals surface area contributed by atoms with Gasteiger partial charge in [-0.05, 0) is 41.0 Å². The largest absolute Gasteiger partial charge is 0.508 e. The molecule has 4 nitrogen and oxygen atoms in total. The number of thiazole rings is 1. The summed E-state index contributed by atoms with van der Waals surface area (Å²) in [6.07, 6.45) is 1.73. The van der Waals surface area contributed by atoms with Crippen LogP contribution in [0.5, 0.6) is 5.75 Å². The minimum Gasteiger partial charge on any atom is -0.508 e. The lowest BCUT2D eigenvalue weighted by Crippen LogP contribution is -2.22. The Morgan fingerprint density at radius 1 is 0.857 bits per heavy atom. The molecule has 0 saturated heterocycles. The average molecular weight is 386 g/mol. The maximum Gasteiger partial charge on any atom is 0.238 e. The van der Waals surface area contributed by atoms with Crippen molar-refractivity contribution in [1.29, 1.82) is 0 Å². The zero-order chi connectivity index (χ0) is 19.3. The van der Waals surface area contributed by atoms with Gasteiger partial charge >= 0.3 is 0 Å². The lowest BCUT2D eigenvalue weighted by atomic mass is 9.90. The number of aromatic nitrogens is 1. The third-order valence-corrected chi connectivity index (χ3v) is 5.38. The van der Waals surface area contributed by atoms with E-state index < -0.39 is 5.92 Å². The molecule has 28 heavy (non-hydrogen) atoms. The Labute approximate surface area is 167 Å². The first kappa shape index (κ1) is 17.9. The predicted molar refractivity (Wildman–Crippen MR) is 113 cm³/mol. The van der Waals surface area contributed by atoms with Crippen LogP contribution in [0.3, 0.4) is 0 Å². The SMILES string of the molecule is O=C(Nc1ncc(-c2ccc(O)cc2)s1)C(c1ccccc1)c1ccccc1. The molecule has 0 radical (unpaired) electrons.